The van der Waals surface area contributed by atoms with Gasteiger partial charge in [-0.05, 0) is 47.9 Å². The maximum Gasteiger partial charge on any atom is 0.228 e. The van der Waals surface area contributed by atoms with E-state index in [0.29, 0.717) is 6.42 Å². The first-order valence-electron chi connectivity index (χ1n) is 8.09. The second-order valence-corrected chi connectivity index (χ2v) is 6.32. The first-order valence-corrected chi connectivity index (χ1v) is 8.09. The Labute approximate surface area is 136 Å². The van der Waals surface area contributed by atoms with Crippen LogP contribution in [0.4, 0.5) is 5.69 Å². The molecule has 0 radical (unpaired) electrons. The van der Waals surface area contributed by atoms with Gasteiger partial charge in [-0.25, -0.2) is 0 Å². The molecule has 0 unspecified atom stereocenters. The fraction of sp³-hybridized carbons (Fsp3) is 0.190. The molecule has 1 aliphatic carbocycles. The van der Waals surface area contributed by atoms with Gasteiger partial charge in [-0.1, -0.05) is 54.1 Å². The number of rotatable bonds is 3. The van der Waals surface area contributed by atoms with Crippen LogP contribution in [-0.2, 0) is 24.1 Å². The van der Waals surface area contributed by atoms with Crippen molar-refractivity contribution in [2.45, 2.75) is 26.2 Å². The Morgan fingerprint density at radius 2 is 1.70 bits per heavy atom. The first-order chi connectivity index (χ1) is 11.2. The van der Waals surface area contributed by atoms with Crippen LogP contribution in [0.5, 0.6) is 0 Å². The van der Waals surface area contributed by atoms with Gasteiger partial charge < -0.3 is 5.32 Å². The van der Waals surface area contributed by atoms with E-state index in [1.54, 1.807) is 0 Å². The van der Waals surface area contributed by atoms with Crippen molar-refractivity contribution in [1.29, 1.82) is 0 Å². The van der Waals surface area contributed by atoms with E-state index in [-0.39, 0.29) is 5.91 Å². The van der Waals surface area contributed by atoms with Crippen molar-refractivity contribution in [3.63, 3.8) is 0 Å². The van der Waals surface area contributed by atoms with Crippen molar-refractivity contribution in [3.05, 3.63) is 76.9 Å². The first kappa shape index (κ1) is 14.0. The van der Waals surface area contributed by atoms with Gasteiger partial charge >= 0.3 is 0 Å². The molecule has 114 valence electrons. The molecule has 0 bridgehead atoms. The fourth-order valence-electron chi connectivity index (χ4n) is 3.44. The molecule has 0 spiro atoms. The van der Waals surface area contributed by atoms with Gasteiger partial charge in [0, 0.05) is 11.1 Å². The van der Waals surface area contributed by atoms with Gasteiger partial charge in [0.25, 0.3) is 0 Å². The summed E-state index contributed by atoms with van der Waals surface area (Å²) in [6.07, 6.45) is 2.62. The van der Waals surface area contributed by atoms with Crippen molar-refractivity contribution < 1.29 is 4.79 Å². The molecule has 1 aliphatic rings. The lowest BCUT2D eigenvalue weighted by atomic mass is 10.0. The number of hydrogen-bond donors (Lipinski definition) is 1. The van der Waals surface area contributed by atoms with E-state index in [9.17, 15) is 4.79 Å². The predicted molar refractivity (Wildman–Crippen MR) is 94.9 cm³/mol. The number of carbonyl (C=O) groups is 1. The molecule has 1 N–H and O–H groups in total. The van der Waals surface area contributed by atoms with Crippen molar-refractivity contribution in [2.75, 3.05) is 5.32 Å². The number of nitrogens with one attached hydrogen (secondary N) is 1. The number of hydrogen-bond acceptors (Lipinski definition) is 1. The molecule has 0 fully saturated rings. The van der Waals surface area contributed by atoms with Crippen LogP contribution in [0.3, 0.4) is 0 Å². The highest BCUT2D eigenvalue weighted by Crippen LogP contribution is 2.35. The van der Waals surface area contributed by atoms with Crippen LogP contribution in [0.1, 0.15) is 22.3 Å². The predicted octanol–water partition coefficient (Wildman–Crippen LogP) is 4.43. The van der Waals surface area contributed by atoms with Crippen LogP contribution in [0.15, 0.2) is 54.6 Å². The zero-order valence-electron chi connectivity index (χ0n) is 13.2. The number of carbonyl (C=O) groups excluding carboxylic acids is 1. The Bertz CT molecular complexity index is 883. The van der Waals surface area contributed by atoms with E-state index < -0.39 is 0 Å². The van der Waals surface area contributed by atoms with E-state index in [1.807, 2.05) is 30.3 Å². The Morgan fingerprint density at radius 1 is 0.957 bits per heavy atom. The molecular weight excluding hydrogens is 282 g/mol. The van der Waals surface area contributed by atoms with E-state index in [0.717, 1.165) is 29.5 Å². The minimum absolute atomic E-state index is 0.0348. The van der Waals surface area contributed by atoms with Gasteiger partial charge in [-0.2, -0.15) is 0 Å². The highest BCUT2D eigenvalue weighted by Gasteiger charge is 2.16. The maximum absolute atomic E-state index is 12.4. The van der Waals surface area contributed by atoms with E-state index in [2.05, 4.69) is 36.5 Å². The van der Waals surface area contributed by atoms with Gasteiger partial charge in [-0.15, -0.1) is 0 Å². The molecule has 0 heterocycles. The molecule has 4 rings (SSSR count). The van der Waals surface area contributed by atoms with E-state index >= 15 is 0 Å². The Hall–Kier alpha value is -2.61. The second kappa shape index (κ2) is 5.54. The summed E-state index contributed by atoms with van der Waals surface area (Å²) in [5.74, 6) is 0.0348. The maximum atomic E-state index is 12.4. The average molecular weight is 301 g/mol. The molecule has 3 aromatic rings. The molecule has 0 saturated heterocycles. The number of benzene rings is 3. The molecule has 23 heavy (non-hydrogen) atoms. The van der Waals surface area contributed by atoms with Gasteiger partial charge in [0.1, 0.15) is 0 Å². The molecule has 2 nitrogen and oxygen atoms in total. The van der Waals surface area contributed by atoms with Crippen molar-refractivity contribution in [1.82, 2.24) is 0 Å². The zero-order chi connectivity index (χ0) is 15.8. The molecule has 0 aliphatic heterocycles. The SMILES string of the molecule is Cc1ccc(CC(=O)Nc2ccc3c4c(cccc24)CC3)cc1. The van der Waals surface area contributed by atoms with Crippen molar-refractivity contribution >= 4 is 22.4 Å². The number of anilines is 1. The van der Waals surface area contributed by atoms with Crippen molar-refractivity contribution in [2.24, 2.45) is 0 Å². The summed E-state index contributed by atoms with van der Waals surface area (Å²) in [5, 5.41) is 5.59. The Kier molecular flexibility index (Phi) is 3.38. The molecule has 0 aromatic heterocycles. The van der Waals surface area contributed by atoms with Gasteiger partial charge in [0.2, 0.25) is 5.91 Å². The summed E-state index contributed by atoms with van der Waals surface area (Å²) < 4.78 is 0. The lowest BCUT2D eigenvalue weighted by Crippen LogP contribution is -2.14. The second-order valence-electron chi connectivity index (χ2n) is 6.32. The van der Waals surface area contributed by atoms with Gasteiger partial charge in [-0.3, -0.25) is 4.79 Å². The van der Waals surface area contributed by atoms with Gasteiger partial charge in [0.05, 0.1) is 6.42 Å². The lowest BCUT2D eigenvalue weighted by molar-refractivity contribution is -0.115. The summed E-state index contributed by atoms with van der Waals surface area (Å²) in [6, 6.07) is 18.7. The van der Waals surface area contributed by atoms with E-state index in [4.69, 9.17) is 0 Å². The van der Waals surface area contributed by atoms with Crippen LogP contribution >= 0.6 is 0 Å². The Morgan fingerprint density at radius 3 is 2.48 bits per heavy atom. The zero-order valence-corrected chi connectivity index (χ0v) is 13.2. The topological polar surface area (TPSA) is 29.1 Å². The van der Waals surface area contributed by atoms with Crippen LogP contribution in [0.2, 0.25) is 0 Å². The van der Waals surface area contributed by atoms with Crippen LogP contribution in [0.25, 0.3) is 10.8 Å². The fourth-order valence-corrected chi connectivity index (χ4v) is 3.44. The monoisotopic (exact) mass is 301 g/mol. The third kappa shape index (κ3) is 2.61. The Balaban J connectivity index is 1.61. The quantitative estimate of drug-likeness (QED) is 0.762. The molecule has 3 aromatic carbocycles. The summed E-state index contributed by atoms with van der Waals surface area (Å²) in [4.78, 5) is 12.4. The largest absolute Gasteiger partial charge is 0.325 e. The summed E-state index contributed by atoms with van der Waals surface area (Å²) in [5.41, 5.74) is 5.96. The van der Waals surface area contributed by atoms with E-state index in [1.165, 1.54) is 22.1 Å². The molecular formula is C21H19NO. The normalized spacial score (nSPS) is 12.6. The average Bonchev–Trinajstić information content (AvgIpc) is 2.97. The van der Waals surface area contributed by atoms with Crippen LogP contribution < -0.4 is 5.32 Å². The van der Waals surface area contributed by atoms with Crippen LogP contribution in [-0.4, -0.2) is 5.91 Å². The highest BCUT2D eigenvalue weighted by atomic mass is 16.1. The molecule has 0 atom stereocenters. The standard InChI is InChI=1S/C21H19NO/c1-14-5-7-15(8-6-14)13-20(23)22-19-12-11-17-10-9-16-3-2-4-18(19)21(16)17/h2-8,11-12H,9-10,13H2,1H3,(H,22,23). The third-order valence-corrected chi connectivity index (χ3v) is 4.64. The highest BCUT2D eigenvalue weighted by molar-refractivity contribution is 6.05. The molecule has 0 saturated carbocycles. The third-order valence-electron chi connectivity index (χ3n) is 4.64. The smallest absolute Gasteiger partial charge is 0.228 e. The summed E-state index contributed by atoms with van der Waals surface area (Å²) >= 11 is 0. The van der Waals surface area contributed by atoms with Crippen LogP contribution in [0, 0.1) is 6.92 Å². The molecule has 1 amide bonds. The summed E-state index contributed by atoms with van der Waals surface area (Å²) in [7, 11) is 0. The number of aryl methyl sites for hydroxylation is 3. The minimum atomic E-state index is 0.0348. The summed E-state index contributed by atoms with van der Waals surface area (Å²) in [6.45, 7) is 2.05. The lowest BCUT2D eigenvalue weighted by Gasteiger charge is -2.11. The van der Waals surface area contributed by atoms with Crippen molar-refractivity contribution in [3.8, 4) is 0 Å². The number of amides is 1. The molecule has 2 heteroatoms. The minimum Gasteiger partial charge on any atom is -0.325 e. The van der Waals surface area contributed by atoms with Gasteiger partial charge in [0.15, 0.2) is 0 Å².